The second kappa shape index (κ2) is 9.25. The molecule has 9 heteroatoms. The summed E-state index contributed by atoms with van der Waals surface area (Å²) in [5.74, 6) is 3.40. The van der Waals surface area contributed by atoms with E-state index in [0.717, 1.165) is 39.9 Å². The van der Waals surface area contributed by atoms with Crippen LogP contribution in [-0.4, -0.2) is 29.4 Å². The molecule has 1 aliphatic carbocycles. The molecule has 0 N–H and O–H groups in total. The summed E-state index contributed by atoms with van der Waals surface area (Å²) in [6.45, 7) is 2.32. The molecule has 1 unspecified atom stereocenters. The van der Waals surface area contributed by atoms with Crippen molar-refractivity contribution in [1.82, 2.24) is 15.2 Å². The summed E-state index contributed by atoms with van der Waals surface area (Å²) >= 11 is 4.87. The number of thioether (sulfide) groups is 1. The van der Waals surface area contributed by atoms with Crippen LogP contribution in [0.4, 0.5) is 0 Å². The van der Waals surface area contributed by atoms with Gasteiger partial charge in [0, 0.05) is 16.0 Å². The first-order chi connectivity index (χ1) is 15.6. The highest BCUT2D eigenvalue weighted by atomic mass is 32.2. The summed E-state index contributed by atoms with van der Waals surface area (Å²) in [6.07, 6.45) is 3.56. The van der Waals surface area contributed by atoms with Crippen LogP contribution in [0.25, 0.3) is 21.3 Å². The van der Waals surface area contributed by atoms with Crippen molar-refractivity contribution in [3.63, 3.8) is 0 Å². The molecule has 1 atom stereocenters. The van der Waals surface area contributed by atoms with Crippen molar-refractivity contribution < 1.29 is 13.9 Å². The molecule has 0 aliphatic heterocycles. The largest absolute Gasteiger partial charge is 0.493 e. The number of hydrogen-bond donors (Lipinski definition) is 0. The molecule has 166 valence electrons. The first kappa shape index (κ1) is 21.5. The number of nitrogens with zero attached hydrogens (tertiary/aromatic N) is 3. The number of rotatable bonds is 7. The summed E-state index contributed by atoms with van der Waals surface area (Å²) in [5.41, 5.74) is 3.32. The van der Waals surface area contributed by atoms with Crippen molar-refractivity contribution in [3.8, 4) is 32.8 Å². The summed E-state index contributed by atoms with van der Waals surface area (Å²) in [6, 6.07) is 8.04. The van der Waals surface area contributed by atoms with Gasteiger partial charge in [-0.05, 0) is 48.9 Å². The van der Waals surface area contributed by atoms with Gasteiger partial charge in [-0.1, -0.05) is 24.8 Å². The maximum atomic E-state index is 5.94. The predicted octanol–water partition coefficient (Wildman–Crippen LogP) is 6.36. The Kier molecular flexibility index (Phi) is 6.21. The van der Waals surface area contributed by atoms with Crippen molar-refractivity contribution in [3.05, 3.63) is 45.8 Å². The normalized spacial score (nSPS) is 15.5. The monoisotopic (exact) mass is 485 g/mol. The Balaban J connectivity index is 1.27. The number of thiazole rings is 1. The van der Waals surface area contributed by atoms with Gasteiger partial charge in [0.15, 0.2) is 11.5 Å². The molecule has 1 aromatic carbocycles. The van der Waals surface area contributed by atoms with Gasteiger partial charge < -0.3 is 13.9 Å². The molecule has 0 saturated heterocycles. The van der Waals surface area contributed by atoms with Gasteiger partial charge in [-0.2, -0.15) is 0 Å². The Hall–Kier alpha value is -2.36. The van der Waals surface area contributed by atoms with Crippen LogP contribution in [0.5, 0.6) is 11.5 Å². The molecule has 5 rings (SSSR count). The molecule has 0 fully saturated rings. The van der Waals surface area contributed by atoms with E-state index in [0.29, 0.717) is 28.4 Å². The number of fused-ring (bicyclic) bond motifs is 1. The number of aryl methyl sites for hydroxylation is 1. The van der Waals surface area contributed by atoms with Gasteiger partial charge in [0.1, 0.15) is 5.01 Å². The van der Waals surface area contributed by atoms with Gasteiger partial charge in [0.25, 0.3) is 11.1 Å². The summed E-state index contributed by atoms with van der Waals surface area (Å²) in [5, 5.41) is 12.0. The molecule has 0 spiro atoms. The molecule has 0 amide bonds. The Morgan fingerprint density at radius 2 is 2.12 bits per heavy atom. The first-order valence-electron chi connectivity index (χ1n) is 10.4. The number of thiophene rings is 1. The molecule has 3 heterocycles. The van der Waals surface area contributed by atoms with Crippen LogP contribution in [0, 0.1) is 5.92 Å². The lowest BCUT2D eigenvalue weighted by atomic mass is 9.90. The van der Waals surface area contributed by atoms with Gasteiger partial charge >= 0.3 is 0 Å². The molecule has 4 aromatic rings. The smallest absolute Gasteiger partial charge is 0.277 e. The fraction of sp³-hybridized carbons (Fsp3) is 0.348. The molecular formula is C23H23N3O3S3. The zero-order chi connectivity index (χ0) is 22.1. The average molecular weight is 486 g/mol. The fourth-order valence-corrected chi connectivity index (χ4v) is 6.60. The highest BCUT2D eigenvalue weighted by molar-refractivity contribution is 7.98. The molecule has 1 aliphatic rings. The Morgan fingerprint density at radius 3 is 2.97 bits per heavy atom. The minimum absolute atomic E-state index is 0.563. The zero-order valence-electron chi connectivity index (χ0n) is 18.1. The van der Waals surface area contributed by atoms with E-state index in [1.54, 1.807) is 36.9 Å². The van der Waals surface area contributed by atoms with E-state index in [9.17, 15) is 0 Å². The zero-order valence-corrected chi connectivity index (χ0v) is 20.5. The van der Waals surface area contributed by atoms with Crippen LogP contribution < -0.4 is 9.47 Å². The quantitative estimate of drug-likeness (QED) is 0.282. The molecule has 0 saturated carbocycles. The second-order valence-corrected chi connectivity index (χ2v) is 10.7. The molecule has 0 radical (unpaired) electrons. The van der Waals surface area contributed by atoms with Crippen LogP contribution in [0.1, 0.15) is 29.5 Å². The minimum atomic E-state index is 0.563. The van der Waals surface area contributed by atoms with E-state index in [-0.39, 0.29) is 0 Å². The summed E-state index contributed by atoms with van der Waals surface area (Å²) in [4.78, 5) is 7.31. The van der Waals surface area contributed by atoms with Gasteiger partial charge in [0.2, 0.25) is 0 Å². The Bertz CT molecular complexity index is 1230. The van der Waals surface area contributed by atoms with E-state index in [1.807, 2.05) is 23.6 Å². The number of benzene rings is 1. The van der Waals surface area contributed by atoms with Crippen molar-refractivity contribution in [2.45, 2.75) is 37.2 Å². The second-order valence-electron chi connectivity index (χ2n) is 7.75. The van der Waals surface area contributed by atoms with Gasteiger partial charge in [-0.15, -0.1) is 32.9 Å². The third-order valence-corrected chi connectivity index (χ3v) is 8.48. The topological polar surface area (TPSA) is 70.3 Å². The lowest BCUT2D eigenvalue weighted by Crippen LogP contribution is -2.07. The van der Waals surface area contributed by atoms with E-state index in [4.69, 9.17) is 18.9 Å². The van der Waals surface area contributed by atoms with Crippen LogP contribution in [0.2, 0.25) is 0 Å². The first-order valence-corrected chi connectivity index (χ1v) is 13.1. The van der Waals surface area contributed by atoms with Crippen molar-refractivity contribution in [2.24, 2.45) is 5.92 Å². The molecule has 0 bridgehead atoms. The summed E-state index contributed by atoms with van der Waals surface area (Å²) in [7, 11) is 3.28. The van der Waals surface area contributed by atoms with Crippen LogP contribution in [0.3, 0.4) is 0 Å². The highest BCUT2D eigenvalue weighted by Gasteiger charge is 2.21. The number of methoxy groups -OCH3 is 2. The third kappa shape index (κ3) is 4.29. The van der Waals surface area contributed by atoms with Gasteiger partial charge in [-0.25, -0.2) is 4.98 Å². The van der Waals surface area contributed by atoms with E-state index >= 15 is 0 Å². The van der Waals surface area contributed by atoms with E-state index in [2.05, 4.69) is 23.2 Å². The Morgan fingerprint density at radius 1 is 1.22 bits per heavy atom. The van der Waals surface area contributed by atoms with E-state index in [1.165, 1.54) is 28.6 Å². The van der Waals surface area contributed by atoms with Crippen molar-refractivity contribution in [2.75, 3.05) is 14.2 Å². The molecule has 32 heavy (non-hydrogen) atoms. The summed E-state index contributed by atoms with van der Waals surface area (Å²) < 4.78 is 16.9. The van der Waals surface area contributed by atoms with Crippen LogP contribution in [0.15, 0.2) is 39.3 Å². The standard InChI is InChI=1S/C23H23N3O3S3/c1-13-7-8-18-14(9-13)10-19(32-18)21-25-26-23(29-21)31-12-15-11-30-22(24-15)16-5-4-6-17(27-2)20(16)28-3/h4-6,10-11,13H,7-9,12H2,1-3H3. The lowest BCUT2D eigenvalue weighted by Gasteiger charge is -2.16. The minimum Gasteiger partial charge on any atom is -0.493 e. The van der Waals surface area contributed by atoms with Gasteiger partial charge in [-0.3, -0.25) is 0 Å². The maximum Gasteiger partial charge on any atom is 0.277 e. The number of ether oxygens (including phenoxy) is 2. The maximum absolute atomic E-state index is 5.94. The van der Waals surface area contributed by atoms with Crippen LogP contribution >= 0.6 is 34.4 Å². The van der Waals surface area contributed by atoms with E-state index < -0.39 is 0 Å². The van der Waals surface area contributed by atoms with Crippen molar-refractivity contribution >= 4 is 34.4 Å². The number of para-hydroxylation sites is 1. The highest BCUT2D eigenvalue weighted by Crippen LogP contribution is 2.40. The average Bonchev–Trinajstić information content (AvgIpc) is 3.55. The Labute approximate surface area is 199 Å². The van der Waals surface area contributed by atoms with Crippen LogP contribution in [-0.2, 0) is 18.6 Å². The third-order valence-electron chi connectivity index (χ3n) is 5.48. The van der Waals surface area contributed by atoms with Crippen molar-refractivity contribution in [1.29, 1.82) is 0 Å². The molecule has 3 aromatic heterocycles. The number of aromatic nitrogens is 3. The SMILES string of the molecule is COc1cccc(-c2nc(CSc3nnc(-c4cc5c(s4)CCC(C)C5)o3)cs2)c1OC. The fourth-order valence-electron chi connectivity index (χ4n) is 3.87. The van der Waals surface area contributed by atoms with Gasteiger partial charge in [0.05, 0.1) is 30.4 Å². The molecular weight excluding hydrogens is 462 g/mol. The lowest BCUT2D eigenvalue weighted by molar-refractivity contribution is 0.356. The number of hydrogen-bond acceptors (Lipinski definition) is 9. The molecule has 6 nitrogen and oxygen atoms in total. The predicted molar refractivity (Wildman–Crippen MR) is 129 cm³/mol.